The zero-order chi connectivity index (χ0) is 20.4. The predicted octanol–water partition coefficient (Wildman–Crippen LogP) is 3.71. The van der Waals surface area contributed by atoms with Gasteiger partial charge >= 0.3 is 0 Å². The van der Waals surface area contributed by atoms with Crippen molar-refractivity contribution in [3.8, 4) is 5.69 Å². The Balaban J connectivity index is 1.55. The molecule has 1 amide bonds. The normalized spacial score (nSPS) is 12.4. The number of benzene rings is 1. The number of rotatable bonds is 6. The first-order chi connectivity index (χ1) is 14.0. The van der Waals surface area contributed by atoms with Crippen LogP contribution in [-0.4, -0.2) is 40.7 Å². The minimum Gasteiger partial charge on any atom is -0.310 e. The Morgan fingerprint density at radius 2 is 1.86 bits per heavy atom. The molecule has 0 aliphatic carbocycles. The van der Waals surface area contributed by atoms with Gasteiger partial charge in [-0.1, -0.05) is 30.0 Å². The second kappa shape index (κ2) is 8.04. The molecule has 1 aromatic carbocycles. The van der Waals surface area contributed by atoms with E-state index in [0.717, 1.165) is 16.1 Å². The number of amides is 1. The lowest BCUT2D eigenvalue weighted by Gasteiger charge is -2.14. The lowest BCUT2D eigenvalue weighted by molar-refractivity contribution is -0.115. The second-order valence-corrected chi connectivity index (χ2v) is 8.14. The lowest BCUT2D eigenvalue weighted by atomic mass is 10.3. The fourth-order valence-electron chi connectivity index (χ4n) is 2.95. The van der Waals surface area contributed by atoms with Gasteiger partial charge in [-0.05, 0) is 32.9 Å². The third-order valence-corrected chi connectivity index (χ3v) is 5.51. The van der Waals surface area contributed by atoms with Gasteiger partial charge in [0.25, 0.3) is 0 Å². The van der Waals surface area contributed by atoms with Crippen LogP contribution in [0.1, 0.15) is 26.8 Å². The van der Waals surface area contributed by atoms with E-state index in [2.05, 4.69) is 25.5 Å². The molecule has 0 spiro atoms. The van der Waals surface area contributed by atoms with Gasteiger partial charge in [-0.3, -0.25) is 4.79 Å². The maximum absolute atomic E-state index is 12.7. The third-order valence-electron chi connectivity index (χ3n) is 4.40. The summed E-state index contributed by atoms with van der Waals surface area (Å²) in [5.41, 5.74) is 1.63. The van der Waals surface area contributed by atoms with Crippen LogP contribution in [0.5, 0.6) is 0 Å². The van der Waals surface area contributed by atoms with Crippen molar-refractivity contribution in [3.63, 3.8) is 0 Å². The fourth-order valence-corrected chi connectivity index (χ4v) is 3.83. The van der Waals surface area contributed by atoms with Crippen LogP contribution in [0.15, 0.2) is 60.1 Å². The maximum atomic E-state index is 12.7. The number of para-hydroxylation sites is 1. The minimum absolute atomic E-state index is 0.111. The van der Waals surface area contributed by atoms with Crippen molar-refractivity contribution in [2.24, 2.45) is 0 Å². The van der Waals surface area contributed by atoms with E-state index in [1.54, 1.807) is 27.8 Å². The molecular weight excluding hydrogens is 386 g/mol. The zero-order valence-corrected chi connectivity index (χ0v) is 17.2. The van der Waals surface area contributed by atoms with Gasteiger partial charge in [-0.25, -0.2) is 19.3 Å². The number of carbonyl (C=O) groups is 1. The average Bonchev–Trinajstić information content (AvgIpc) is 3.36. The van der Waals surface area contributed by atoms with Gasteiger partial charge in [0.1, 0.15) is 17.2 Å². The molecule has 0 radical (unpaired) electrons. The van der Waals surface area contributed by atoms with Gasteiger partial charge in [0.15, 0.2) is 5.65 Å². The molecule has 0 bridgehead atoms. The van der Waals surface area contributed by atoms with Gasteiger partial charge < -0.3 is 5.32 Å². The van der Waals surface area contributed by atoms with E-state index < -0.39 is 0 Å². The van der Waals surface area contributed by atoms with Crippen LogP contribution in [0, 0.1) is 0 Å². The molecule has 1 atom stereocenters. The number of nitrogens with one attached hydrogen (secondary N) is 1. The van der Waals surface area contributed by atoms with Gasteiger partial charge in [-0.2, -0.15) is 10.2 Å². The number of nitrogens with zero attached hydrogens (tertiary/aromatic N) is 6. The molecule has 3 aromatic heterocycles. The van der Waals surface area contributed by atoms with Crippen LogP contribution in [0.4, 0.5) is 5.82 Å². The Kier molecular flexibility index (Phi) is 5.30. The van der Waals surface area contributed by atoms with E-state index in [4.69, 9.17) is 0 Å². The largest absolute Gasteiger partial charge is 0.310 e. The Morgan fingerprint density at radius 3 is 2.62 bits per heavy atom. The van der Waals surface area contributed by atoms with Gasteiger partial charge in [0.05, 0.1) is 28.7 Å². The summed E-state index contributed by atoms with van der Waals surface area (Å²) >= 11 is 1.38. The average molecular weight is 408 g/mol. The van der Waals surface area contributed by atoms with E-state index in [-0.39, 0.29) is 17.2 Å². The summed E-state index contributed by atoms with van der Waals surface area (Å²) in [7, 11) is 0. The van der Waals surface area contributed by atoms with Crippen LogP contribution < -0.4 is 5.32 Å². The summed E-state index contributed by atoms with van der Waals surface area (Å²) in [5, 5.41) is 12.8. The first-order valence-corrected chi connectivity index (χ1v) is 10.2. The summed E-state index contributed by atoms with van der Waals surface area (Å²) < 4.78 is 3.55. The van der Waals surface area contributed by atoms with Crippen molar-refractivity contribution in [2.75, 3.05) is 5.32 Å². The Bertz CT molecular complexity index is 1140. The van der Waals surface area contributed by atoms with Crippen molar-refractivity contribution in [2.45, 2.75) is 37.1 Å². The highest BCUT2D eigenvalue weighted by Crippen LogP contribution is 2.29. The van der Waals surface area contributed by atoms with E-state index in [9.17, 15) is 4.79 Å². The Labute approximate surface area is 172 Å². The number of fused-ring (bicyclic) bond motifs is 1. The van der Waals surface area contributed by atoms with Crippen molar-refractivity contribution < 1.29 is 4.79 Å². The highest BCUT2D eigenvalue weighted by molar-refractivity contribution is 8.00. The van der Waals surface area contributed by atoms with Crippen LogP contribution in [-0.2, 0) is 4.79 Å². The molecule has 29 heavy (non-hydrogen) atoms. The van der Waals surface area contributed by atoms with Crippen molar-refractivity contribution in [1.29, 1.82) is 0 Å². The summed E-state index contributed by atoms with van der Waals surface area (Å²) in [4.78, 5) is 21.5. The molecule has 4 rings (SSSR count). The predicted molar refractivity (Wildman–Crippen MR) is 113 cm³/mol. The highest BCUT2D eigenvalue weighted by Gasteiger charge is 2.20. The molecule has 9 heteroatoms. The monoisotopic (exact) mass is 407 g/mol. The molecule has 0 aliphatic rings. The van der Waals surface area contributed by atoms with Crippen LogP contribution >= 0.6 is 11.8 Å². The minimum atomic E-state index is -0.358. The van der Waals surface area contributed by atoms with Gasteiger partial charge in [0, 0.05) is 12.1 Å². The molecular formula is C20H21N7OS. The quantitative estimate of drug-likeness (QED) is 0.387. The van der Waals surface area contributed by atoms with Crippen molar-refractivity contribution in [1.82, 2.24) is 29.5 Å². The molecule has 0 saturated heterocycles. The van der Waals surface area contributed by atoms with Crippen molar-refractivity contribution in [3.05, 3.63) is 55.1 Å². The standard InChI is InChI=1S/C20H21N7OS/c1-13(2)26-17(9-10-23-26)25-19(28)14(3)29-20-16-11-24-27(18(16)21-12-22-20)15-7-5-4-6-8-15/h4-14H,1-3H3,(H,25,28)/t14-/m1/s1. The molecule has 3 heterocycles. The van der Waals surface area contributed by atoms with E-state index >= 15 is 0 Å². The highest BCUT2D eigenvalue weighted by atomic mass is 32.2. The van der Waals surface area contributed by atoms with Crippen LogP contribution in [0.3, 0.4) is 0 Å². The molecule has 0 saturated carbocycles. The number of carbonyl (C=O) groups excluding carboxylic acids is 1. The zero-order valence-electron chi connectivity index (χ0n) is 16.4. The molecule has 4 aromatic rings. The van der Waals surface area contributed by atoms with E-state index in [0.29, 0.717) is 11.5 Å². The topological polar surface area (TPSA) is 90.5 Å². The molecule has 0 fully saturated rings. The lowest BCUT2D eigenvalue weighted by Crippen LogP contribution is -2.24. The SMILES string of the molecule is CC(C)n1nccc1NC(=O)[C@@H](C)Sc1ncnc2c1cnn2-c1ccccc1. The molecule has 148 valence electrons. The van der Waals surface area contributed by atoms with Crippen LogP contribution in [0.2, 0.25) is 0 Å². The number of aromatic nitrogens is 6. The summed E-state index contributed by atoms with van der Waals surface area (Å²) in [6.07, 6.45) is 4.92. The molecule has 8 nitrogen and oxygen atoms in total. The number of thioether (sulfide) groups is 1. The summed E-state index contributed by atoms with van der Waals surface area (Å²) in [6, 6.07) is 11.7. The second-order valence-electron chi connectivity index (χ2n) is 6.81. The number of hydrogen-bond donors (Lipinski definition) is 1. The van der Waals surface area contributed by atoms with Gasteiger partial charge in [0.2, 0.25) is 5.91 Å². The van der Waals surface area contributed by atoms with E-state index in [1.165, 1.54) is 18.1 Å². The summed E-state index contributed by atoms with van der Waals surface area (Å²) in [5.74, 6) is 0.571. The van der Waals surface area contributed by atoms with E-state index in [1.807, 2.05) is 51.1 Å². The molecule has 1 N–H and O–H groups in total. The Morgan fingerprint density at radius 1 is 1.07 bits per heavy atom. The van der Waals surface area contributed by atoms with Gasteiger partial charge in [-0.15, -0.1) is 0 Å². The fraction of sp³-hybridized carbons (Fsp3) is 0.250. The first kappa shape index (κ1) is 19.1. The molecule has 0 unspecified atom stereocenters. The number of hydrogen-bond acceptors (Lipinski definition) is 6. The number of anilines is 1. The van der Waals surface area contributed by atoms with Crippen molar-refractivity contribution >= 4 is 34.5 Å². The van der Waals surface area contributed by atoms with Crippen LogP contribution in [0.25, 0.3) is 16.7 Å². The third kappa shape index (κ3) is 3.86. The molecule has 0 aliphatic heterocycles. The smallest absolute Gasteiger partial charge is 0.238 e. The maximum Gasteiger partial charge on any atom is 0.238 e. The first-order valence-electron chi connectivity index (χ1n) is 9.30. The summed E-state index contributed by atoms with van der Waals surface area (Å²) in [6.45, 7) is 5.89. The Hall–Kier alpha value is -3.20.